The van der Waals surface area contributed by atoms with Gasteiger partial charge in [0.05, 0.1) is 18.7 Å². The smallest absolute Gasteiger partial charge is 0.348 e. The SMILES string of the molecule is CCOC(=O)c1sc(NC(=O)CN2C(=O)N[C@](C)(c3ccc(OC)cc3)C2=O)cc1C. The van der Waals surface area contributed by atoms with Gasteiger partial charge >= 0.3 is 12.0 Å². The molecule has 0 saturated carbocycles. The monoisotopic (exact) mass is 445 g/mol. The minimum atomic E-state index is -1.29. The Hall–Kier alpha value is -3.40. The van der Waals surface area contributed by atoms with Gasteiger partial charge in [0.1, 0.15) is 22.7 Å². The molecule has 0 bridgehead atoms. The number of carbonyl (C=O) groups is 4. The fourth-order valence-corrected chi connectivity index (χ4v) is 4.21. The number of amides is 4. The van der Waals surface area contributed by atoms with Crippen molar-refractivity contribution in [1.29, 1.82) is 0 Å². The minimum Gasteiger partial charge on any atom is -0.497 e. The molecule has 164 valence electrons. The molecule has 2 aromatic rings. The zero-order valence-electron chi connectivity index (χ0n) is 17.6. The van der Waals surface area contributed by atoms with E-state index in [4.69, 9.17) is 9.47 Å². The molecule has 0 unspecified atom stereocenters. The molecule has 1 aromatic heterocycles. The highest BCUT2D eigenvalue weighted by Gasteiger charge is 2.49. The Bertz CT molecular complexity index is 1030. The summed E-state index contributed by atoms with van der Waals surface area (Å²) >= 11 is 1.07. The highest BCUT2D eigenvalue weighted by molar-refractivity contribution is 7.18. The average molecular weight is 445 g/mol. The van der Waals surface area contributed by atoms with Gasteiger partial charge in [0, 0.05) is 0 Å². The third-order valence-corrected chi connectivity index (χ3v) is 6.02. The average Bonchev–Trinajstić information content (AvgIpc) is 3.20. The zero-order valence-corrected chi connectivity index (χ0v) is 18.4. The van der Waals surface area contributed by atoms with Crippen molar-refractivity contribution in [3.8, 4) is 5.75 Å². The second-order valence-corrected chi connectivity index (χ2v) is 8.12. The third-order valence-electron chi connectivity index (χ3n) is 4.89. The van der Waals surface area contributed by atoms with E-state index in [2.05, 4.69) is 10.6 Å². The van der Waals surface area contributed by atoms with Gasteiger partial charge < -0.3 is 20.1 Å². The number of ether oxygens (including phenoxy) is 2. The fourth-order valence-electron chi connectivity index (χ4n) is 3.22. The van der Waals surface area contributed by atoms with Crippen LogP contribution in [0.2, 0.25) is 0 Å². The molecule has 1 aliphatic heterocycles. The van der Waals surface area contributed by atoms with E-state index in [0.29, 0.717) is 26.8 Å². The molecule has 0 aliphatic carbocycles. The van der Waals surface area contributed by atoms with Gasteiger partial charge in [-0.3, -0.25) is 14.5 Å². The molecule has 9 nitrogen and oxygen atoms in total. The number of anilines is 1. The lowest BCUT2D eigenvalue weighted by molar-refractivity contribution is -0.133. The largest absolute Gasteiger partial charge is 0.497 e. The minimum absolute atomic E-state index is 0.247. The number of carbonyl (C=O) groups excluding carboxylic acids is 4. The van der Waals surface area contributed by atoms with Gasteiger partial charge in [0.2, 0.25) is 5.91 Å². The predicted octanol–water partition coefficient (Wildman–Crippen LogP) is 2.65. The Kier molecular flexibility index (Phi) is 6.30. The van der Waals surface area contributed by atoms with Gasteiger partial charge in [0.15, 0.2) is 0 Å². The summed E-state index contributed by atoms with van der Waals surface area (Å²) in [7, 11) is 1.53. The Morgan fingerprint density at radius 1 is 1.23 bits per heavy atom. The summed E-state index contributed by atoms with van der Waals surface area (Å²) < 4.78 is 10.1. The highest BCUT2D eigenvalue weighted by atomic mass is 32.1. The number of nitrogens with zero attached hydrogens (tertiary/aromatic N) is 1. The quantitative estimate of drug-likeness (QED) is 0.500. The van der Waals surface area contributed by atoms with Crippen LogP contribution in [0, 0.1) is 6.92 Å². The molecular formula is C21H23N3O6S. The summed E-state index contributed by atoms with van der Waals surface area (Å²) in [5, 5.41) is 5.71. The second-order valence-electron chi connectivity index (χ2n) is 7.07. The molecule has 4 amide bonds. The van der Waals surface area contributed by atoms with Crippen molar-refractivity contribution in [3.05, 3.63) is 46.3 Å². The van der Waals surface area contributed by atoms with Crippen molar-refractivity contribution in [3.63, 3.8) is 0 Å². The molecule has 1 fully saturated rings. The summed E-state index contributed by atoms with van der Waals surface area (Å²) in [6, 6.07) is 7.73. The van der Waals surface area contributed by atoms with E-state index in [1.807, 2.05) is 0 Å². The number of rotatable bonds is 7. The summed E-state index contributed by atoms with van der Waals surface area (Å²) in [5.41, 5.74) is -0.0522. The van der Waals surface area contributed by atoms with Crippen LogP contribution in [0.4, 0.5) is 9.80 Å². The third kappa shape index (κ3) is 4.38. The first kappa shape index (κ1) is 22.3. The first-order valence-electron chi connectivity index (χ1n) is 9.55. The number of nitrogens with one attached hydrogen (secondary N) is 2. The van der Waals surface area contributed by atoms with Crippen LogP contribution >= 0.6 is 11.3 Å². The molecule has 0 spiro atoms. The van der Waals surface area contributed by atoms with Crippen LogP contribution in [-0.2, 0) is 19.9 Å². The van der Waals surface area contributed by atoms with Crippen LogP contribution in [0.3, 0.4) is 0 Å². The molecule has 1 aromatic carbocycles. The maximum Gasteiger partial charge on any atom is 0.348 e. The number of hydrogen-bond acceptors (Lipinski definition) is 7. The summed E-state index contributed by atoms with van der Waals surface area (Å²) in [6.07, 6.45) is 0. The van der Waals surface area contributed by atoms with E-state index in [1.54, 1.807) is 51.1 Å². The lowest BCUT2D eigenvalue weighted by Crippen LogP contribution is -2.42. The van der Waals surface area contributed by atoms with Crippen molar-refractivity contribution < 1.29 is 28.7 Å². The maximum atomic E-state index is 13.0. The number of esters is 1. The normalized spacial score (nSPS) is 18.0. The highest BCUT2D eigenvalue weighted by Crippen LogP contribution is 2.31. The standard InChI is InChI=1S/C21H23N3O6S/c1-5-30-18(26)17-12(2)10-16(31-17)22-15(25)11-24-19(27)21(3,23-20(24)28)13-6-8-14(29-4)9-7-13/h6-10H,5,11H2,1-4H3,(H,22,25)(H,23,28)/t21-/m1/s1. The summed E-state index contributed by atoms with van der Waals surface area (Å²) in [4.78, 5) is 51.1. The van der Waals surface area contributed by atoms with E-state index in [-0.39, 0.29) is 6.61 Å². The number of urea groups is 1. The molecule has 1 saturated heterocycles. The van der Waals surface area contributed by atoms with Gasteiger partial charge in [-0.25, -0.2) is 9.59 Å². The van der Waals surface area contributed by atoms with Gasteiger partial charge in [-0.15, -0.1) is 11.3 Å². The first-order chi connectivity index (χ1) is 14.7. The predicted molar refractivity (Wildman–Crippen MR) is 114 cm³/mol. The molecule has 2 heterocycles. The summed E-state index contributed by atoms with van der Waals surface area (Å²) in [6.45, 7) is 4.82. The lowest BCUT2D eigenvalue weighted by atomic mass is 9.92. The van der Waals surface area contributed by atoms with Crippen molar-refractivity contribution >= 4 is 40.2 Å². The topological polar surface area (TPSA) is 114 Å². The van der Waals surface area contributed by atoms with Gasteiger partial charge in [-0.1, -0.05) is 12.1 Å². The van der Waals surface area contributed by atoms with Crippen LogP contribution in [0.15, 0.2) is 30.3 Å². The van der Waals surface area contributed by atoms with Gasteiger partial charge in [-0.2, -0.15) is 0 Å². The van der Waals surface area contributed by atoms with Crippen molar-refractivity contribution in [2.45, 2.75) is 26.3 Å². The summed E-state index contributed by atoms with van der Waals surface area (Å²) in [5.74, 6) is -0.935. The Morgan fingerprint density at radius 3 is 2.52 bits per heavy atom. The molecule has 0 radical (unpaired) electrons. The molecule has 10 heteroatoms. The molecule has 2 N–H and O–H groups in total. The maximum absolute atomic E-state index is 13.0. The number of benzene rings is 1. The van der Waals surface area contributed by atoms with Crippen molar-refractivity contribution in [1.82, 2.24) is 10.2 Å². The fraction of sp³-hybridized carbons (Fsp3) is 0.333. The van der Waals surface area contributed by atoms with Crippen molar-refractivity contribution in [2.24, 2.45) is 0 Å². The molecule has 31 heavy (non-hydrogen) atoms. The number of imide groups is 1. The van der Waals surface area contributed by atoms with E-state index in [0.717, 1.165) is 16.2 Å². The second kappa shape index (κ2) is 8.76. The Balaban J connectivity index is 1.70. The van der Waals surface area contributed by atoms with Gasteiger partial charge in [0.25, 0.3) is 5.91 Å². The van der Waals surface area contributed by atoms with E-state index < -0.39 is 35.9 Å². The molecule has 1 aliphatic rings. The van der Waals surface area contributed by atoms with Crippen LogP contribution in [0.1, 0.15) is 34.6 Å². The number of thiophene rings is 1. The van der Waals surface area contributed by atoms with Crippen LogP contribution in [0.25, 0.3) is 0 Å². The van der Waals surface area contributed by atoms with E-state index in [1.165, 1.54) is 7.11 Å². The molecule has 3 rings (SSSR count). The van der Waals surface area contributed by atoms with Crippen molar-refractivity contribution in [2.75, 3.05) is 25.6 Å². The first-order valence-corrected chi connectivity index (χ1v) is 10.4. The van der Waals surface area contributed by atoms with E-state index in [9.17, 15) is 19.2 Å². The molecule has 1 atom stereocenters. The number of aryl methyl sites for hydroxylation is 1. The van der Waals surface area contributed by atoms with Gasteiger partial charge in [-0.05, 0) is 50.1 Å². The lowest BCUT2D eigenvalue weighted by Gasteiger charge is -2.22. The van der Waals surface area contributed by atoms with Crippen LogP contribution < -0.4 is 15.4 Å². The zero-order chi connectivity index (χ0) is 22.8. The van der Waals surface area contributed by atoms with E-state index >= 15 is 0 Å². The molecular weight excluding hydrogens is 422 g/mol. The Labute approximate surface area is 183 Å². The number of hydrogen-bond donors (Lipinski definition) is 2. The van der Waals surface area contributed by atoms with Crippen LogP contribution in [-0.4, -0.2) is 49.0 Å². The Morgan fingerprint density at radius 2 is 1.90 bits per heavy atom. The number of methoxy groups -OCH3 is 1. The van der Waals surface area contributed by atoms with Crippen LogP contribution in [0.5, 0.6) is 5.75 Å².